The lowest BCUT2D eigenvalue weighted by Gasteiger charge is -2.26. The molecular weight excluding hydrogens is 264 g/mol. The van der Waals surface area contributed by atoms with Gasteiger partial charge >= 0.3 is 0 Å². The van der Waals surface area contributed by atoms with Crippen molar-refractivity contribution >= 4 is 5.91 Å². The molecule has 0 fully saturated rings. The van der Waals surface area contributed by atoms with Gasteiger partial charge in [-0.25, -0.2) is 0 Å². The van der Waals surface area contributed by atoms with Gasteiger partial charge in [0.2, 0.25) is 0 Å². The largest absolute Gasteiger partial charge is 0.494 e. The number of nitrogens with two attached hydrogens (primary N) is 1. The Kier molecular flexibility index (Phi) is 7.83. The van der Waals surface area contributed by atoms with Gasteiger partial charge in [-0.2, -0.15) is 0 Å². The number of ether oxygens (including phenoxy) is 1. The number of unbranched alkanes of at least 4 members (excludes halogenated alkanes) is 1. The zero-order valence-electron chi connectivity index (χ0n) is 13.5. The molecule has 0 saturated heterocycles. The third-order valence-electron chi connectivity index (χ3n) is 3.36. The third-order valence-corrected chi connectivity index (χ3v) is 3.36. The van der Waals surface area contributed by atoms with Crippen molar-refractivity contribution in [1.82, 2.24) is 4.90 Å². The summed E-state index contributed by atoms with van der Waals surface area (Å²) >= 11 is 0. The number of hydrogen-bond acceptors (Lipinski definition) is 3. The number of hydrogen-bond donors (Lipinski definition) is 1. The van der Waals surface area contributed by atoms with Crippen molar-refractivity contribution in [2.24, 2.45) is 5.73 Å². The standard InChI is InChI=1S/C17H28N2O2/c1-4-5-13-21-16-9-7-15(8-10-16)17(20)19(14(2)3)12-6-11-18/h7-10,14H,4-6,11-13,18H2,1-3H3. The lowest BCUT2D eigenvalue weighted by Crippen LogP contribution is -2.38. The molecule has 0 heterocycles. The molecule has 0 unspecified atom stereocenters. The highest BCUT2D eigenvalue weighted by molar-refractivity contribution is 5.94. The normalized spacial score (nSPS) is 10.7. The lowest BCUT2D eigenvalue weighted by atomic mass is 10.1. The van der Waals surface area contributed by atoms with E-state index in [2.05, 4.69) is 6.92 Å². The van der Waals surface area contributed by atoms with Crippen LogP contribution in [-0.2, 0) is 0 Å². The zero-order chi connectivity index (χ0) is 15.7. The van der Waals surface area contributed by atoms with Crippen molar-refractivity contribution in [2.45, 2.75) is 46.1 Å². The van der Waals surface area contributed by atoms with E-state index in [1.54, 1.807) is 0 Å². The first kappa shape index (κ1) is 17.5. The molecule has 0 atom stereocenters. The molecule has 0 bridgehead atoms. The summed E-state index contributed by atoms with van der Waals surface area (Å²) in [6, 6.07) is 7.57. The molecule has 2 N–H and O–H groups in total. The van der Waals surface area contributed by atoms with Crippen LogP contribution in [0.3, 0.4) is 0 Å². The molecule has 118 valence electrons. The van der Waals surface area contributed by atoms with Crippen LogP contribution in [0, 0.1) is 0 Å². The Bertz CT molecular complexity index is 415. The first-order chi connectivity index (χ1) is 10.1. The number of rotatable bonds is 9. The fourth-order valence-electron chi connectivity index (χ4n) is 2.05. The SMILES string of the molecule is CCCCOc1ccc(C(=O)N(CCCN)C(C)C)cc1. The van der Waals surface area contributed by atoms with Gasteiger partial charge in [0.05, 0.1) is 6.61 Å². The van der Waals surface area contributed by atoms with E-state index in [1.807, 2.05) is 43.0 Å². The molecule has 4 nitrogen and oxygen atoms in total. The highest BCUT2D eigenvalue weighted by Gasteiger charge is 2.18. The molecule has 1 aromatic rings. The molecule has 0 aliphatic carbocycles. The van der Waals surface area contributed by atoms with Gasteiger partial charge in [-0.05, 0) is 57.5 Å². The van der Waals surface area contributed by atoms with Gasteiger partial charge in [-0.15, -0.1) is 0 Å². The average molecular weight is 292 g/mol. The maximum Gasteiger partial charge on any atom is 0.254 e. The van der Waals surface area contributed by atoms with Gasteiger partial charge in [0.1, 0.15) is 5.75 Å². The van der Waals surface area contributed by atoms with Gasteiger partial charge < -0.3 is 15.4 Å². The van der Waals surface area contributed by atoms with E-state index in [-0.39, 0.29) is 11.9 Å². The summed E-state index contributed by atoms with van der Waals surface area (Å²) in [4.78, 5) is 14.4. The van der Waals surface area contributed by atoms with Crippen molar-refractivity contribution in [3.63, 3.8) is 0 Å². The molecule has 0 radical (unpaired) electrons. The Balaban J connectivity index is 2.67. The van der Waals surface area contributed by atoms with Crippen molar-refractivity contribution in [3.8, 4) is 5.75 Å². The highest BCUT2D eigenvalue weighted by Crippen LogP contribution is 2.15. The maximum atomic E-state index is 12.5. The molecule has 1 aromatic carbocycles. The van der Waals surface area contributed by atoms with E-state index in [1.165, 1.54) is 0 Å². The van der Waals surface area contributed by atoms with Crippen molar-refractivity contribution < 1.29 is 9.53 Å². The molecule has 0 saturated carbocycles. The highest BCUT2D eigenvalue weighted by atomic mass is 16.5. The summed E-state index contributed by atoms with van der Waals surface area (Å²) in [6.45, 7) is 8.20. The number of nitrogens with zero attached hydrogens (tertiary/aromatic N) is 1. The molecule has 0 spiro atoms. The average Bonchev–Trinajstić information content (AvgIpc) is 2.48. The van der Waals surface area contributed by atoms with Crippen LogP contribution in [0.4, 0.5) is 0 Å². The van der Waals surface area contributed by atoms with Crippen LogP contribution >= 0.6 is 0 Å². The second-order valence-electron chi connectivity index (χ2n) is 5.46. The summed E-state index contributed by atoms with van der Waals surface area (Å²) in [5.74, 6) is 0.872. The van der Waals surface area contributed by atoms with Gasteiger partial charge in [0.15, 0.2) is 0 Å². The number of amides is 1. The van der Waals surface area contributed by atoms with E-state index in [9.17, 15) is 4.79 Å². The molecule has 21 heavy (non-hydrogen) atoms. The number of benzene rings is 1. The lowest BCUT2D eigenvalue weighted by molar-refractivity contribution is 0.0705. The van der Waals surface area contributed by atoms with Crippen molar-refractivity contribution in [1.29, 1.82) is 0 Å². The Hall–Kier alpha value is -1.55. The van der Waals surface area contributed by atoms with E-state index >= 15 is 0 Å². The molecule has 0 aliphatic rings. The topological polar surface area (TPSA) is 55.6 Å². The van der Waals surface area contributed by atoms with Crippen LogP contribution in [0.2, 0.25) is 0 Å². The van der Waals surface area contributed by atoms with E-state index in [0.717, 1.165) is 31.6 Å². The fourth-order valence-corrected chi connectivity index (χ4v) is 2.05. The predicted molar refractivity (Wildman–Crippen MR) is 86.7 cm³/mol. The predicted octanol–water partition coefficient (Wildman–Crippen LogP) is 3.06. The minimum Gasteiger partial charge on any atom is -0.494 e. The summed E-state index contributed by atoms with van der Waals surface area (Å²) in [7, 11) is 0. The fraction of sp³-hybridized carbons (Fsp3) is 0.588. The van der Waals surface area contributed by atoms with Crippen molar-refractivity contribution in [2.75, 3.05) is 19.7 Å². The van der Waals surface area contributed by atoms with Crippen LogP contribution in [0.25, 0.3) is 0 Å². The molecule has 0 aromatic heterocycles. The van der Waals surface area contributed by atoms with Gasteiger partial charge in [0, 0.05) is 18.2 Å². The number of carbonyl (C=O) groups is 1. The van der Waals surface area contributed by atoms with Crippen LogP contribution in [-0.4, -0.2) is 36.5 Å². The molecule has 1 rings (SSSR count). The van der Waals surface area contributed by atoms with Crippen LogP contribution in [0.15, 0.2) is 24.3 Å². The molecule has 4 heteroatoms. The Morgan fingerprint density at radius 3 is 2.43 bits per heavy atom. The smallest absolute Gasteiger partial charge is 0.254 e. The minimum absolute atomic E-state index is 0.0542. The maximum absolute atomic E-state index is 12.5. The molecule has 0 aliphatic heterocycles. The summed E-state index contributed by atoms with van der Waals surface area (Å²) in [6.07, 6.45) is 2.98. The summed E-state index contributed by atoms with van der Waals surface area (Å²) < 4.78 is 5.61. The van der Waals surface area contributed by atoms with E-state index in [4.69, 9.17) is 10.5 Å². The zero-order valence-corrected chi connectivity index (χ0v) is 13.5. The van der Waals surface area contributed by atoms with Gasteiger partial charge in [-0.3, -0.25) is 4.79 Å². The quantitative estimate of drug-likeness (QED) is 0.712. The third kappa shape index (κ3) is 5.76. The Morgan fingerprint density at radius 2 is 1.90 bits per heavy atom. The summed E-state index contributed by atoms with van der Waals surface area (Å²) in [5, 5.41) is 0. The van der Waals surface area contributed by atoms with Crippen LogP contribution < -0.4 is 10.5 Å². The first-order valence-electron chi connectivity index (χ1n) is 7.84. The summed E-state index contributed by atoms with van der Waals surface area (Å²) in [5.41, 5.74) is 6.24. The first-order valence-corrected chi connectivity index (χ1v) is 7.84. The monoisotopic (exact) mass is 292 g/mol. The second-order valence-corrected chi connectivity index (χ2v) is 5.46. The minimum atomic E-state index is 0.0542. The van der Waals surface area contributed by atoms with Gasteiger partial charge in [-0.1, -0.05) is 13.3 Å². The van der Waals surface area contributed by atoms with E-state index in [0.29, 0.717) is 18.7 Å². The Morgan fingerprint density at radius 1 is 1.24 bits per heavy atom. The molecule has 1 amide bonds. The second kappa shape index (κ2) is 9.40. The van der Waals surface area contributed by atoms with Crippen LogP contribution in [0.1, 0.15) is 50.4 Å². The Labute approximate surface area is 128 Å². The number of carbonyl (C=O) groups excluding carboxylic acids is 1. The molecular formula is C17H28N2O2. The van der Waals surface area contributed by atoms with E-state index < -0.39 is 0 Å². The van der Waals surface area contributed by atoms with Crippen molar-refractivity contribution in [3.05, 3.63) is 29.8 Å². The van der Waals surface area contributed by atoms with Crippen LogP contribution in [0.5, 0.6) is 5.75 Å². The van der Waals surface area contributed by atoms with Gasteiger partial charge in [0.25, 0.3) is 5.91 Å².